The van der Waals surface area contributed by atoms with Crippen LogP contribution in [0.2, 0.25) is 0 Å². The highest BCUT2D eigenvalue weighted by Gasteiger charge is 2.46. The van der Waals surface area contributed by atoms with Gasteiger partial charge in [-0.3, -0.25) is 9.69 Å². The topological polar surface area (TPSA) is 53.9 Å². The van der Waals surface area contributed by atoms with E-state index in [9.17, 15) is 4.79 Å². The predicted molar refractivity (Wildman–Crippen MR) is 97.4 cm³/mol. The molecule has 1 saturated carbocycles. The molecule has 134 valence electrons. The first-order chi connectivity index (χ1) is 12.0. The van der Waals surface area contributed by atoms with Crippen LogP contribution in [0.15, 0.2) is 23.4 Å². The van der Waals surface area contributed by atoms with Gasteiger partial charge in [0.05, 0.1) is 0 Å². The van der Waals surface area contributed by atoms with Crippen LogP contribution in [-0.2, 0) is 16.2 Å². The Kier molecular flexibility index (Phi) is 4.28. The van der Waals surface area contributed by atoms with Crippen LogP contribution in [0, 0.1) is 19.8 Å². The lowest BCUT2D eigenvalue weighted by molar-refractivity contribution is -0.115. The first-order valence-electron chi connectivity index (χ1n) is 9.35. The summed E-state index contributed by atoms with van der Waals surface area (Å²) in [6.07, 6.45) is 4.04. The van der Waals surface area contributed by atoms with Crippen molar-refractivity contribution in [2.24, 2.45) is 11.1 Å². The van der Waals surface area contributed by atoms with Gasteiger partial charge in [-0.15, -0.1) is 0 Å². The summed E-state index contributed by atoms with van der Waals surface area (Å²) in [7, 11) is 0. The van der Waals surface area contributed by atoms with Gasteiger partial charge < -0.3 is 10.2 Å². The Balaban J connectivity index is 1.31. The highest BCUT2D eigenvalue weighted by molar-refractivity contribution is 6.39. The molecule has 1 aromatic carbocycles. The van der Waals surface area contributed by atoms with Crippen molar-refractivity contribution < 1.29 is 9.63 Å². The summed E-state index contributed by atoms with van der Waals surface area (Å²) in [5, 5.41) is 7.11. The number of likely N-dealkylation sites (tertiary alicyclic amines) is 1. The lowest BCUT2D eigenvalue weighted by Crippen LogP contribution is -2.37. The molecule has 25 heavy (non-hydrogen) atoms. The monoisotopic (exact) mass is 341 g/mol. The molecule has 5 nitrogen and oxygen atoms in total. The van der Waals surface area contributed by atoms with Crippen LogP contribution < -0.4 is 5.32 Å². The fourth-order valence-electron chi connectivity index (χ4n) is 3.75. The SMILES string of the molecule is Cc1ccc(CN2CC[C@]3(CC(C(=O)NCC4CC4)=NO3)C2)cc1C. The smallest absolute Gasteiger partial charge is 0.269 e. The maximum Gasteiger partial charge on any atom is 0.269 e. The number of aryl methyl sites for hydroxylation is 2. The summed E-state index contributed by atoms with van der Waals surface area (Å²) in [6.45, 7) is 7.83. The molecule has 1 atom stereocenters. The molecule has 0 radical (unpaired) electrons. The number of nitrogens with one attached hydrogen (secondary N) is 1. The molecule has 1 aromatic rings. The quantitative estimate of drug-likeness (QED) is 0.895. The average Bonchev–Trinajstić information content (AvgIpc) is 3.22. The third-order valence-electron chi connectivity index (χ3n) is 5.72. The lowest BCUT2D eigenvalue weighted by atomic mass is 9.96. The number of amides is 1. The molecule has 2 fully saturated rings. The van der Waals surface area contributed by atoms with E-state index in [-0.39, 0.29) is 11.5 Å². The standard InChI is InChI=1S/C20H27N3O2/c1-14-3-4-17(9-15(14)2)12-23-8-7-20(13-23)10-18(22-25-20)19(24)21-11-16-5-6-16/h3-4,9,16H,5-8,10-13H2,1-2H3,(H,21,24)/t20-/m0/s1. The number of carbonyl (C=O) groups is 1. The molecule has 0 bridgehead atoms. The molecule has 1 aliphatic carbocycles. The van der Waals surface area contributed by atoms with Crippen molar-refractivity contribution in [3.8, 4) is 0 Å². The van der Waals surface area contributed by atoms with Gasteiger partial charge in [-0.2, -0.15) is 0 Å². The van der Waals surface area contributed by atoms with Crippen molar-refractivity contribution in [1.82, 2.24) is 10.2 Å². The van der Waals surface area contributed by atoms with Gasteiger partial charge >= 0.3 is 0 Å². The molecular formula is C20H27N3O2. The molecule has 1 N–H and O–H groups in total. The molecule has 2 aliphatic heterocycles. The normalized spacial score (nSPS) is 25.9. The van der Waals surface area contributed by atoms with Crippen molar-refractivity contribution >= 4 is 11.6 Å². The second-order valence-electron chi connectivity index (χ2n) is 8.02. The zero-order valence-corrected chi connectivity index (χ0v) is 15.2. The van der Waals surface area contributed by atoms with Gasteiger partial charge in [0.2, 0.25) is 0 Å². The Bertz CT molecular complexity index is 711. The second-order valence-corrected chi connectivity index (χ2v) is 8.02. The van der Waals surface area contributed by atoms with Crippen LogP contribution in [-0.4, -0.2) is 41.8 Å². The van der Waals surface area contributed by atoms with E-state index in [1.807, 2.05) is 0 Å². The Hall–Kier alpha value is -1.88. The van der Waals surface area contributed by atoms with Crippen molar-refractivity contribution in [2.75, 3.05) is 19.6 Å². The highest BCUT2D eigenvalue weighted by Crippen LogP contribution is 2.35. The van der Waals surface area contributed by atoms with Crippen molar-refractivity contribution in [1.29, 1.82) is 0 Å². The van der Waals surface area contributed by atoms with E-state index in [0.29, 0.717) is 18.1 Å². The van der Waals surface area contributed by atoms with Crippen LogP contribution in [0.25, 0.3) is 0 Å². The zero-order valence-electron chi connectivity index (χ0n) is 15.2. The van der Waals surface area contributed by atoms with Gasteiger partial charge in [0.1, 0.15) is 5.71 Å². The minimum absolute atomic E-state index is 0.0450. The van der Waals surface area contributed by atoms with Gasteiger partial charge in [-0.1, -0.05) is 23.4 Å². The molecule has 5 heteroatoms. The van der Waals surface area contributed by atoms with E-state index in [1.165, 1.54) is 29.5 Å². The third-order valence-corrected chi connectivity index (χ3v) is 5.72. The molecular weight excluding hydrogens is 314 g/mol. The minimum atomic E-state index is -0.300. The number of oxime groups is 1. The average molecular weight is 341 g/mol. The maximum absolute atomic E-state index is 12.2. The second kappa shape index (κ2) is 6.45. The Morgan fingerprint density at radius 3 is 2.96 bits per heavy atom. The number of hydrogen-bond acceptors (Lipinski definition) is 4. The maximum atomic E-state index is 12.2. The van der Waals surface area contributed by atoms with Gasteiger partial charge in [0.15, 0.2) is 5.60 Å². The number of hydrogen-bond donors (Lipinski definition) is 1. The Morgan fingerprint density at radius 1 is 1.36 bits per heavy atom. The Labute approximate surface area is 149 Å². The first kappa shape index (κ1) is 16.6. The lowest BCUT2D eigenvalue weighted by Gasteiger charge is -2.22. The fraction of sp³-hybridized carbons (Fsp3) is 0.600. The number of benzene rings is 1. The van der Waals surface area contributed by atoms with Crippen LogP contribution in [0.5, 0.6) is 0 Å². The summed E-state index contributed by atoms with van der Waals surface area (Å²) < 4.78 is 0. The number of carbonyl (C=O) groups excluding carboxylic acids is 1. The van der Waals surface area contributed by atoms with E-state index in [4.69, 9.17) is 4.84 Å². The van der Waals surface area contributed by atoms with Gasteiger partial charge in [0, 0.05) is 39.0 Å². The van der Waals surface area contributed by atoms with Crippen LogP contribution in [0.3, 0.4) is 0 Å². The third kappa shape index (κ3) is 3.71. The number of rotatable bonds is 5. The minimum Gasteiger partial charge on any atom is -0.387 e. The summed E-state index contributed by atoms with van der Waals surface area (Å²) in [4.78, 5) is 20.4. The fourth-order valence-corrected chi connectivity index (χ4v) is 3.75. The number of nitrogens with zero attached hydrogens (tertiary/aromatic N) is 2. The summed E-state index contributed by atoms with van der Waals surface area (Å²) in [5.41, 5.74) is 4.26. The molecule has 2 heterocycles. The molecule has 1 spiro atoms. The van der Waals surface area contributed by atoms with E-state index < -0.39 is 0 Å². The molecule has 3 aliphatic rings. The van der Waals surface area contributed by atoms with Crippen molar-refractivity contribution in [3.05, 3.63) is 34.9 Å². The van der Waals surface area contributed by atoms with E-state index in [1.54, 1.807) is 0 Å². The predicted octanol–water partition coefficient (Wildman–Crippen LogP) is 2.55. The summed E-state index contributed by atoms with van der Waals surface area (Å²) >= 11 is 0. The molecule has 0 unspecified atom stereocenters. The van der Waals surface area contributed by atoms with Crippen molar-refractivity contribution in [2.45, 2.75) is 51.7 Å². The van der Waals surface area contributed by atoms with Gasteiger partial charge in [-0.05, 0) is 49.3 Å². The zero-order chi connectivity index (χ0) is 17.4. The van der Waals surface area contributed by atoms with Crippen LogP contribution in [0.4, 0.5) is 0 Å². The van der Waals surface area contributed by atoms with Crippen molar-refractivity contribution in [3.63, 3.8) is 0 Å². The molecule has 1 saturated heterocycles. The first-order valence-corrected chi connectivity index (χ1v) is 9.35. The molecule has 0 aromatic heterocycles. The van der Waals surface area contributed by atoms with Gasteiger partial charge in [-0.25, -0.2) is 0 Å². The molecule has 1 amide bonds. The summed E-state index contributed by atoms with van der Waals surface area (Å²) in [6, 6.07) is 6.66. The summed E-state index contributed by atoms with van der Waals surface area (Å²) in [5.74, 6) is 0.636. The van der Waals surface area contributed by atoms with E-state index in [0.717, 1.165) is 32.6 Å². The van der Waals surface area contributed by atoms with Crippen LogP contribution >= 0.6 is 0 Å². The van der Waals surface area contributed by atoms with Gasteiger partial charge in [0.25, 0.3) is 5.91 Å². The van der Waals surface area contributed by atoms with Crippen LogP contribution in [0.1, 0.15) is 42.4 Å². The largest absolute Gasteiger partial charge is 0.387 e. The van der Waals surface area contributed by atoms with E-state index >= 15 is 0 Å². The highest BCUT2D eigenvalue weighted by atomic mass is 16.7. The molecule has 4 rings (SSSR count). The van der Waals surface area contributed by atoms with E-state index in [2.05, 4.69) is 47.4 Å². The Morgan fingerprint density at radius 2 is 2.20 bits per heavy atom.